The molecule has 0 spiro atoms. The average Bonchev–Trinajstić information content (AvgIpc) is 2.38. The SMILES string of the molecule is CCCCC(CC)CNC(=O)c1cc[nH]c(=O)c1. The zero-order valence-corrected chi connectivity index (χ0v) is 11.2. The maximum absolute atomic E-state index is 11.8. The van der Waals surface area contributed by atoms with E-state index in [4.69, 9.17) is 0 Å². The lowest BCUT2D eigenvalue weighted by atomic mass is 9.99. The van der Waals surface area contributed by atoms with Crippen molar-refractivity contribution < 1.29 is 4.79 Å². The second kappa shape index (κ2) is 7.69. The van der Waals surface area contributed by atoms with Gasteiger partial charge in [0, 0.05) is 24.4 Å². The van der Waals surface area contributed by atoms with Crippen molar-refractivity contribution in [2.24, 2.45) is 5.92 Å². The summed E-state index contributed by atoms with van der Waals surface area (Å²) in [7, 11) is 0. The Labute approximate surface area is 108 Å². The van der Waals surface area contributed by atoms with Gasteiger partial charge in [-0.15, -0.1) is 0 Å². The van der Waals surface area contributed by atoms with Crippen LogP contribution < -0.4 is 10.9 Å². The standard InChI is InChI=1S/C14H22N2O2/c1-3-5-6-11(4-2)10-16-14(18)12-7-8-15-13(17)9-12/h7-9,11H,3-6,10H2,1-2H3,(H,15,17)(H,16,18). The first-order valence-corrected chi connectivity index (χ1v) is 6.64. The molecule has 0 bridgehead atoms. The maximum atomic E-state index is 11.8. The minimum atomic E-state index is -0.249. The fraction of sp³-hybridized carbons (Fsp3) is 0.571. The third-order valence-corrected chi connectivity index (χ3v) is 3.13. The van der Waals surface area contributed by atoms with Gasteiger partial charge in [-0.3, -0.25) is 9.59 Å². The summed E-state index contributed by atoms with van der Waals surface area (Å²) in [6, 6.07) is 2.94. The summed E-state index contributed by atoms with van der Waals surface area (Å²) in [6.45, 7) is 4.99. The number of pyridine rings is 1. The van der Waals surface area contributed by atoms with Gasteiger partial charge in [0.25, 0.3) is 5.91 Å². The van der Waals surface area contributed by atoms with Gasteiger partial charge in [0.15, 0.2) is 0 Å². The summed E-state index contributed by atoms with van der Waals surface area (Å²) >= 11 is 0. The number of H-pyrrole nitrogens is 1. The highest BCUT2D eigenvalue weighted by molar-refractivity contribution is 5.93. The third kappa shape index (κ3) is 4.73. The zero-order valence-electron chi connectivity index (χ0n) is 11.2. The van der Waals surface area contributed by atoms with Gasteiger partial charge in [0.1, 0.15) is 0 Å². The molecule has 0 radical (unpaired) electrons. The maximum Gasteiger partial charge on any atom is 0.251 e. The number of carbonyl (C=O) groups is 1. The van der Waals surface area contributed by atoms with Crippen LogP contribution in [0.15, 0.2) is 23.1 Å². The average molecular weight is 250 g/mol. The number of hydrogen-bond donors (Lipinski definition) is 2. The Morgan fingerprint density at radius 2 is 2.22 bits per heavy atom. The number of aromatic nitrogens is 1. The van der Waals surface area contributed by atoms with Crippen molar-refractivity contribution in [1.29, 1.82) is 0 Å². The first kappa shape index (κ1) is 14.5. The van der Waals surface area contributed by atoms with Gasteiger partial charge >= 0.3 is 0 Å². The van der Waals surface area contributed by atoms with Gasteiger partial charge in [0.05, 0.1) is 0 Å². The van der Waals surface area contributed by atoms with Crippen molar-refractivity contribution in [3.63, 3.8) is 0 Å². The second-order valence-corrected chi connectivity index (χ2v) is 4.57. The van der Waals surface area contributed by atoms with Gasteiger partial charge in [-0.2, -0.15) is 0 Å². The zero-order chi connectivity index (χ0) is 13.4. The van der Waals surface area contributed by atoms with E-state index in [9.17, 15) is 9.59 Å². The largest absolute Gasteiger partial charge is 0.352 e. The van der Waals surface area contributed by atoms with E-state index in [2.05, 4.69) is 24.1 Å². The van der Waals surface area contributed by atoms with Crippen LogP contribution in [0, 0.1) is 5.92 Å². The van der Waals surface area contributed by atoms with Crippen LogP contribution in [0.2, 0.25) is 0 Å². The van der Waals surface area contributed by atoms with Crippen LogP contribution in [0.1, 0.15) is 49.9 Å². The molecule has 1 rings (SSSR count). The summed E-state index contributed by atoms with van der Waals surface area (Å²) in [6.07, 6.45) is 6.07. The van der Waals surface area contributed by atoms with Crippen molar-refractivity contribution in [3.05, 3.63) is 34.2 Å². The van der Waals surface area contributed by atoms with Crippen LogP contribution in [-0.4, -0.2) is 17.4 Å². The van der Waals surface area contributed by atoms with Gasteiger partial charge in [0.2, 0.25) is 5.56 Å². The third-order valence-electron chi connectivity index (χ3n) is 3.13. The highest BCUT2D eigenvalue weighted by Gasteiger charge is 2.09. The Morgan fingerprint density at radius 1 is 1.44 bits per heavy atom. The predicted octanol–water partition coefficient (Wildman–Crippen LogP) is 2.32. The Morgan fingerprint density at radius 3 is 2.83 bits per heavy atom. The summed E-state index contributed by atoms with van der Waals surface area (Å²) in [5.41, 5.74) is 0.171. The van der Waals surface area contributed by atoms with Crippen LogP contribution in [0.5, 0.6) is 0 Å². The quantitative estimate of drug-likeness (QED) is 0.780. The van der Waals surface area contributed by atoms with Gasteiger partial charge < -0.3 is 10.3 Å². The molecule has 0 aliphatic rings. The molecule has 0 aliphatic carbocycles. The molecule has 4 heteroatoms. The fourth-order valence-electron chi connectivity index (χ4n) is 1.87. The number of hydrogen-bond acceptors (Lipinski definition) is 2. The molecular weight excluding hydrogens is 228 g/mol. The molecule has 0 saturated carbocycles. The molecule has 1 heterocycles. The number of unbranched alkanes of at least 4 members (excludes halogenated alkanes) is 1. The number of amides is 1. The molecule has 18 heavy (non-hydrogen) atoms. The number of rotatable bonds is 7. The van der Waals surface area contributed by atoms with Crippen LogP contribution in [-0.2, 0) is 0 Å². The Balaban J connectivity index is 2.47. The van der Waals surface area contributed by atoms with Crippen molar-refractivity contribution in [2.75, 3.05) is 6.54 Å². The van der Waals surface area contributed by atoms with Crippen molar-refractivity contribution in [2.45, 2.75) is 39.5 Å². The Kier molecular flexibility index (Phi) is 6.19. The van der Waals surface area contributed by atoms with E-state index in [-0.39, 0.29) is 11.5 Å². The van der Waals surface area contributed by atoms with Crippen molar-refractivity contribution in [1.82, 2.24) is 10.3 Å². The molecule has 1 unspecified atom stereocenters. The van der Waals surface area contributed by atoms with Gasteiger partial charge in [-0.1, -0.05) is 33.1 Å². The van der Waals surface area contributed by atoms with Gasteiger partial charge in [-0.05, 0) is 18.4 Å². The molecule has 100 valence electrons. The van der Waals surface area contributed by atoms with Gasteiger partial charge in [-0.25, -0.2) is 0 Å². The molecule has 1 aromatic rings. The molecule has 4 nitrogen and oxygen atoms in total. The van der Waals surface area contributed by atoms with E-state index in [1.54, 1.807) is 6.07 Å². The Hall–Kier alpha value is -1.58. The lowest BCUT2D eigenvalue weighted by molar-refractivity contribution is 0.0945. The molecule has 2 N–H and O–H groups in total. The molecule has 1 amide bonds. The minimum Gasteiger partial charge on any atom is -0.352 e. The van der Waals surface area contributed by atoms with Crippen LogP contribution in [0.3, 0.4) is 0 Å². The van der Waals surface area contributed by atoms with E-state index in [1.807, 2.05) is 0 Å². The number of aromatic amines is 1. The highest BCUT2D eigenvalue weighted by atomic mass is 16.2. The minimum absolute atomic E-state index is 0.170. The molecule has 0 saturated heterocycles. The molecule has 0 aliphatic heterocycles. The van der Waals surface area contributed by atoms with Crippen LogP contribution >= 0.6 is 0 Å². The van der Waals surface area contributed by atoms with E-state index in [1.165, 1.54) is 25.1 Å². The molecule has 1 aromatic heterocycles. The lowest BCUT2D eigenvalue weighted by Gasteiger charge is -2.15. The van der Waals surface area contributed by atoms with Crippen LogP contribution in [0.4, 0.5) is 0 Å². The van der Waals surface area contributed by atoms with E-state index in [0.717, 1.165) is 12.8 Å². The number of carbonyl (C=O) groups excluding carboxylic acids is 1. The van der Waals surface area contributed by atoms with E-state index < -0.39 is 0 Å². The Bertz CT molecular complexity index is 426. The molecule has 1 atom stereocenters. The number of nitrogens with one attached hydrogen (secondary N) is 2. The lowest BCUT2D eigenvalue weighted by Crippen LogP contribution is -2.29. The summed E-state index contributed by atoms with van der Waals surface area (Å²) < 4.78 is 0. The first-order chi connectivity index (χ1) is 8.67. The summed E-state index contributed by atoms with van der Waals surface area (Å²) in [5, 5.41) is 2.89. The molecule has 0 aromatic carbocycles. The topological polar surface area (TPSA) is 62.0 Å². The van der Waals surface area contributed by atoms with Crippen LogP contribution in [0.25, 0.3) is 0 Å². The fourth-order valence-corrected chi connectivity index (χ4v) is 1.87. The monoisotopic (exact) mass is 250 g/mol. The summed E-state index contributed by atoms with van der Waals surface area (Å²) in [4.78, 5) is 25.4. The molecular formula is C14H22N2O2. The van der Waals surface area contributed by atoms with E-state index >= 15 is 0 Å². The summed E-state index contributed by atoms with van der Waals surface area (Å²) in [5.74, 6) is 0.354. The highest BCUT2D eigenvalue weighted by Crippen LogP contribution is 2.11. The normalized spacial score (nSPS) is 12.1. The predicted molar refractivity (Wildman–Crippen MR) is 72.7 cm³/mol. The second-order valence-electron chi connectivity index (χ2n) is 4.57. The van der Waals surface area contributed by atoms with Crippen molar-refractivity contribution >= 4 is 5.91 Å². The van der Waals surface area contributed by atoms with Crippen molar-refractivity contribution in [3.8, 4) is 0 Å². The first-order valence-electron chi connectivity index (χ1n) is 6.64. The van der Waals surface area contributed by atoms with E-state index in [0.29, 0.717) is 18.0 Å². The smallest absolute Gasteiger partial charge is 0.251 e. The molecule has 0 fully saturated rings.